The van der Waals surface area contributed by atoms with Gasteiger partial charge in [0.2, 0.25) is 5.91 Å². The van der Waals surface area contributed by atoms with Gasteiger partial charge in [-0.3, -0.25) is 9.59 Å². The summed E-state index contributed by atoms with van der Waals surface area (Å²) in [6, 6.07) is 16.5. The van der Waals surface area contributed by atoms with Crippen molar-refractivity contribution in [2.45, 2.75) is 26.8 Å². The molecule has 0 unspecified atom stereocenters. The summed E-state index contributed by atoms with van der Waals surface area (Å²) in [7, 11) is 0. The third-order valence-electron chi connectivity index (χ3n) is 4.40. The molecule has 0 aliphatic carbocycles. The van der Waals surface area contributed by atoms with Gasteiger partial charge in [-0.25, -0.2) is 0 Å². The minimum atomic E-state index is -0.320. The van der Waals surface area contributed by atoms with Gasteiger partial charge >= 0.3 is 0 Å². The zero-order valence-corrected chi connectivity index (χ0v) is 16.5. The van der Waals surface area contributed by atoms with Gasteiger partial charge in [-0.2, -0.15) is 0 Å². The van der Waals surface area contributed by atoms with Gasteiger partial charge in [-0.1, -0.05) is 30.3 Å². The van der Waals surface area contributed by atoms with Crippen LogP contribution in [0.4, 0.5) is 5.69 Å². The van der Waals surface area contributed by atoms with Crippen LogP contribution in [0.3, 0.4) is 0 Å². The molecule has 0 spiro atoms. The van der Waals surface area contributed by atoms with Crippen LogP contribution in [0.25, 0.3) is 0 Å². The number of hydrogen-bond acceptors (Lipinski definition) is 4. The van der Waals surface area contributed by atoms with Crippen molar-refractivity contribution in [1.82, 2.24) is 5.32 Å². The zero-order chi connectivity index (χ0) is 20.6. The fraction of sp³-hybridized carbons (Fsp3) is 0.217. The van der Waals surface area contributed by atoms with Crippen LogP contribution in [0.2, 0.25) is 0 Å². The van der Waals surface area contributed by atoms with Gasteiger partial charge < -0.3 is 19.8 Å². The molecule has 1 aromatic heterocycles. The third kappa shape index (κ3) is 5.72. The fourth-order valence-corrected chi connectivity index (χ4v) is 2.92. The summed E-state index contributed by atoms with van der Waals surface area (Å²) in [6.45, 7) is 4.66. The third-order valence-corrected chi connectivity index (χ3v) is 4.40. The Bertz CT molecular complexity index is 960. The second kappa shape index (κ2) is 9.59. The number of anilines is 1. The van der Waals surface area contributed by atoms with Crippen molar-refractivity contribution in [1.29, 1.82) is 0 Å². The first-order chi connectivity index (χ1) is 14.0. The second-order valence-corrected chi connectivity index (χ2v) is 6.73. The highest BCUT2D eigenvalue weighted by molar-refractivity contribution is 6.02. The molecule has 6 nitrogen and oxygen atoms in total. The number of aryl methyl sites for hydroxylation is 2. The predicted molar refractivity (Wildman–Crippen MR) is 111 cm³/mol. The summed E-state index contributed by atoms with van der Waals surface area (Å²) in [5.74, 6) is 0.661. The largest absolute Gasteiger partial charge is 0.493 e. The Morgan fingerprint density at radius 2 is 1.76 bits per heavy atom. The van der Waals surface area contributed by atoms with Crippen LogP contribution in [0, 0.1) is 13.8 Å². The monoisotopic (exact) mass is 392 g/mol. The molecular formula is C23H24N2O4. The van der Waals surface area contributed by atoms with Gasteiger partial charge in [0, 0.05) is 12.2 Å². The van der Waals surface area contributed by atoms with Gasteiger partial charge in [-0.15, -0.1) is 0 Å². The van der Waals surface area contributed by atoms with E-state index in [1.54, 1.807) is 18.2 Å². The molecule has 2 aromatic carbocycles. The van der Waals surface area contributed by atoms with Gasteiger partial charge in [0.15, 0.2) is 5.76 Å². The van der Waals surface area contributed by atoms with Gasteiger partial charge in [-0.05, 0) is 54.8 Å². The van der Waals surface area contributed by atoms with E-state index < -0.39 is 0 Å². The number of carbonyl (C=O) groups is 2. The van der Waals surface area contributed by atoms with Crippen molar-refractivity contribution in [3.63, 3.8) is 0 Å². The normalized spacial score (nSPS) is 10.4. The first kappa shape index (κ1) is 20.2. The van der Waals surface area contributed by atoms with Crippen molar-refractivity contribution in [2.75, 3.05) is 11.9 Å². The Kier molecular flexibility index (Phi) is 6.68. The highest BCUT2D eigenvalue weighted by atomic mass is 16.5. The molecule has 0 saturated heterocycles. The number of hydrogen-bond donors (Lipinski definition) is 2. The van der Waals surface area contributed by atoms with E-state index in [-0.39, 0.29) is 24.0 Å². The van der Waals surface area contributed by atoms with E-state index in [9.17, 15) is 9.59 Å². The quantitative estimate of drug-likeness (QED) is 0.601. The molecule has 3 aromatic rings. The highest BCUT2D eigenvalue weighted by Gasteiger charge is 2.09. The van der Waals surface area contributed by atoms with Crippen LogP contribution in [0.5, 0.6) is 5.75 Å². The molecule has 6 heteroatoms. The number of rotatable bonds is 8. The molecule has 0 radical (unpaired) electrons. The molecule has 0 aliphatic rings. The first-order valence-electron chi connectivity index (χ1n) is 9.42. The molecule has 0 saturated carbocycles. The van der Waals surface area contributed by atoms with E-state index in [0.717, 1.165) is 22.4 Å². The Balaban J connectivity index is 1.46. The lowest BCUT2D eigenvalue weighted by molar-refractivity contribution is -0.121. The van der Waals surface area contributed by atoms with Crippen molar-refractivity contribution < 1.29 is 18.7 Å². The molecule has 0 fully saturated rings. The Morgan fingerprint density at radius 1 is 1.00 bits per heavy atom. The van der Waals surface area contributed by atoms with E-state index in [4.69, 9.17) is 9.15 Å². The van der Waals surface area contributed by atoms with E-state index in [1.807, 2.05) is 50.2 Å². The van der Waals surface area contributed by atoms with Crippen LogP contribution in [-0.4, -0.2) is 18.4 Å². The number of benzene rings is 2. The smallest absolute Gasteiger partial charge is 0.291 e. The van der Waals surface area contributed by atoms with Crippen molar-refractivity contribution in [2.24, 2.45) is 0 Å². The predicted octanol–water partition coefficient (Wildman–Crippen LogP) is 4.23. The average Bonchev–Trinajstić information content (AvgIpc) is 3.24. The standard InChI is InChI=1S/C23H24N2O4/c1-16-6-3-7-17(2)22(16)29-13-11-21(26)24-15-18-8-4-9-19(14-18)25-23(27)20-10-5-12-28-20/h3-10,12,14H,11,13,15H2,1-2H3,(H,24,26)(H,25,27). The van der Waals surface area contributed by atoms with E-state index >= 15 is 0 Å². The molecule has 0 atom stereocenters. The van der Waals surface area contributed by atoms with Gasteiger partial charge in [0.05, 0.1) is 19.3 Å². The fourth-order valence-electron chi connectivity index (χ4n) is 2.92. The summed E-state index contributed by atoms with van der Waals surface area (Å²) in [6.07, 6.45) is 1.72. The molecule has 2 N–H and O–H groups in total. The van der Waals surface area contributed by atoms with Crippen molar-refractivity contribution in [3.05, 3.63) is 83.3 Å². The van der Waals surface area contributed by atoms with Crippen molar-refractivity contribution >= 4 is 17.5 Å². The maximum absolute atomic E-state index is 12.1. The summed E-state index contributed by atoms with van der Waals surface area (Å²) in [5, 5.41) is 5.64. The average molecular weight is 392 g/mol. The zero-order valence-electron chi connectivity index (χ0n) is 16.5. The number of para-hydroxylation sites is 1. The lowest BCUT2D eigenvalue weighted by Gasteiger charge is -2.12. The Labute approximate surface area is 169 Å². The van der Waals surface area contributed by atoms with Crippen molar-refractivity contribution in [3.8, 4) is 5.75 Å². The number of nitrogens with one attached hydrogen (secondary N) is 2. The second-order valence-electron chi connectivity index (χ2n) is 6.73. The molecule has 0 aliphatic heterocycles. The Hall–Kier alpha value is -3.54. The lowest BCUT2D eigenvalue weighted by Crippen LogP contribution is -2.24. The molecule has 0 bridgehead atoms. The lowest BCUT2D eigenvalue weighted by atomic mass is 10.1. The van der Waals surface area contributed by atoms with Gasteiger partial charge in [0.25, 0.3) is 5.91 Å². The topological polar surface area (TPSA) is 80.6 Å². The van der Waals surface area contributed by atoms with E-state index in [0.29, 0.717) is 18.8 Å². The molecule has 150 valence electrons. The van der Waals surface area contributed by atoms with E-state index in [1.165, 1.54) is 6.26 Å². The number of ether oxygens (including phenoxy) is 1. The van der Waals surface area contributed by atoms with Crippen LogP contribution in [-0.2, 0) is 11.3 Å². The minimum absolute atomic E-state index is 0.0961. The first-order valence-corrected chi connectivity index (χ1v) is 9.42. The number of furan rings is 1. The van der Waals surface area contributed by atoms with Gasteiger partial charge in [0.1, 0.15) is 5.75 Å². The molecule has 29 heavy (non-hydrogen) atoms. The summed E-state index contributed by atoms with van der Waals surface area (Å²) in [5.41, 5.74) is 3.63. The van der Waals surface area contributed by atoms with Crippen LogP contribution >= 0.6 is 0 Å². The molecule has 2 amide bonds. The maximum Gasteiger partial charge on any atom is 0.291 e. The Morgan fingerprint density at radius 3 is 2.48 bits per heavy atom. The minimum Gasteiger partial charge on any atom is -0.493 e. The molecule has 1 heterocycles. The highest BCUT2D eigenvalue weighted by Crippen LogP contribution is 2.22. The maximum atomic E-state index is 12.1. The summed E-state index contributed by atoms with van der Waals surface area (Å²) in [4.78, 5) is 24.2. The van der Waals surface area contributed by atoms with E-state index in [2.05, 4.69) is 10.6 Å². The number of carbonyl (C=O) groups excluding carboxylic acids is 2. The summed E-state index contributed by atoms with van der Waals surface area (Å²) < 4.78 is 10.9. The van der Waals surface area contributed by atoms with Crippen LogP contribution < -0.4 is 15.4 Å². The molecule has 3 rings (SSSR count). The van der Waals surface area contributed by atoms with Crippen LogP contribution in [0.15, 0.2) is 65.3 Å². The SMILES string of the molecule is Cc1cccc(C)c1OCCC(=O)NCc1cccc(NC(=O)c2ccco2)c1. The molecular weight excluding hydrogens is 368 g/mol. The number of amides is 2. The van der Waals surface area contributed by atoms with Crippen LogP contribution in [0.1, 0.15) is 33.7 Å². The summed E-state index contributed by atoms with van der Waals surface area (Å²) >= 11 is 0.